The minimum absolute atomic E-state index is 0.0372. The number of aliphatic hydroxyl groups is 1. The van der Waals surface area contributed by atoms with E-state index >= 15 is 0 Å². The molecule has 1 unspecified atom stereocenters. The Labute approximate surface area is 117 Å². The van der Waals surface area contributed by atoms with Crippen molar-refractivity contribution < 1.29 is 14.8 Å². The second kappa shape index (κ2) is 5.26. The number of nitro groups is 1. The summed E-state index contributed by atoms with van der Waals surface area (Å²) >= 11 is 0. The zero-order valence-corrected chi connectivity index (χ0v) is 11.6. The van der Waals surface area contributed by atoms with Gasteiger partial charge in [-0.3, -0.25) is 10.1 Å². The fourth-order valence-corrected chi connectivity index (χ4v) is 2.49. The topological polar surface area (TPSA) is 102 Å². The van der Waals surface area contributed by atoms with Gasteiger partial charge in [0.2, 0.25) is 0 Å². The van der Waals surface area contributed by atoms with Crippen LogP contribution in [0.3, 0.4) is 0 Å². The maximum atomic E-state index is 10.9. The summed E-state index contributed by atoms with van der Waals surface area (Å²) in [6.45, 7) is 4.79. The number of aliphatic hydroxyl groups excluding tert-OH is 1. The molecule has 2 rings (SSSR count). The number of morpholine rings is 1. The van der Waals surface area contributed by atoms with Crippen molar-refractivity contribution in [1.82, 2.24) is 0 Å². The minimum atomic E-state index is -0.463. The molecule has 0 radical (unpaired) electrons. The van der Waals surface area contributed by atoms with Crippen LogP contribution >= 0.6 is 0 Å². The highest BCUT2D eigenvalue weighted by Gasteiger charge is 2.33. The fourth-order valence-electron chi connectivity index (χ4n) is 2.49. The lowest BCUT2D eigenvalue weighted by Gasteiger charge is -2.43. The maximum absolute atomic E-state index is 10.9. The van der Waals surface area contributed by atoms with Crippen LogP contribution in [-0.2, 0) is 4.74 Å². The molecule has 1 heterocycles. The van der Waals surface area contributed by atoms with Crippen LogP contribution in [0.2, 0.25) is 0 Å². The van der Waals surface area contributed by atoms with Gasteiger partial charge in [-0.2, -0.15) is 0 Å². The molecule has 3 N–H and O–H groups in total. The van der Waals surface area contributed by atoms with Crippen LogP contribution in [0.15, 0.2) is 18.2 Å². The van der Waals surface area contributed by atoms with Gasteiger partial charge in [0.05, 0.1) is 23.2 Å². The largest absolute Gasteiger partial charge is 0.398 e. The Bertz CT molecular complexity index is 518. The molecule has 1 aromatic rings. The van der Waals surface area contributed by atoms with Gasteiger partial charge in [-0.05, 0) is 19.9 Å². The van der Waals surface area contributed by atoms with E-state index in [2.05, 4.69) is 0 Å². The van der Waals surface area contributed by atoms with Crippen LogP contribution < -0.4 is 10.6 Å². The number of nitrogens with two attached hydrogens (primary N) is 1. The molecule has 0 aliphatic carbocycles. The molecule has 0 saturated carbocycles. The second-order valence-corrected chi connectivity index (χ2v) is 5.60. The van der Waals surface area contributed by atoms with E-state index in [1.165, 1.54) is 12.1 Å². The van der Waals surface area contributed by atoms with E-state index in [4.69, 9.17) is 10.5 Å². The van der Waals surface area contributed by atoms with E-state index in [-0.39, 0.29) is 18.4 Å². The predicted octanol–water partition coefficient (Wildman–Crippen LogP) is 1.15. The minimum Gasteiger partial charge on any atom is -0.398 e. The van der Waals surface area contributed by atoms with Crippen LogP contribution in [0.5, 0.6) is 0 Å². The van der Waals surface area contributed by atoms with Gasteiger partial charge in [0, 0.05) is 36.6 Å². The first-order valence-electron chi connectivity index (χ1n) is 6.39. The third kappa shape index (κ3) is 3.17. The van der Waals surface area contributed by atoms with Crippen molar-refractivity contribution in [2.75, 3.05) is 30.3 Å². The Morgan fingerprint density at radius 1 is 1.55 bits per heavy atom. The average molecular weight is 281 g/mol. The third-order valence-corrected chi connectivity index (χ3v) is 3.19. The van der Waals surface area contributed by atoms with Crippen LogP contribution in [0, 0.1) is 10.1 Å². The monoisotopic (exact) mass is 281 g/mol. The van der Waals surface area contributed by atoms with E-state index in [1.54, 1.807) is 6.07 Å². The number of benzene rings is 1. The third-order valence-electron chi connectivity index (χ3n) is 3.19. The molecule has 0 spiro atoms. The molecule has 1 aliphatic rings. The van der Waals surface area contributed by atoms with Crippen molar-refractivity contribution in [3.63, 3.8) is 0 Å². The summed E-state index contributed by atoms with van der Waals surface area (Å²) in [5.41, 5.74) is 6.27. The SMILES string of the molecule is CC1(C)CN(c2cc(N)cc([N+](=O)[O-])c2)CC(CO)O1. The number of ether oxygens (including phenoxy) is 1. The van der Waals surface area contributed by atoms with Gasteiger partial charge in [0.1, 0.15) is 0 Å². The Hall–Kier alpha value is -1.86. The lowest BCUT2D eigenvalue weighted by Crippen LogP contribution is -2.54. The first-order chi connectivity index (χ1) is 9.30. The normalized spacial score (nSPS) is 21.8. The lowest BCUT2D eigenvalue weighted by atomic mass is 10.0. The summed E-state index contributed by atoms with van der Waals surface area (Å²) < 4.78 is 5.73. The van der Waals surface area contributed by atoms with Crippen LogP contribution in [-0.4, -0.2) is 41.4 Å². The van der Waals surface area contributed by atoms with Gasteiger partial charge in [-0.15, -0.1) is 0 Å². The van der Waals surface area contributed by atoms with E-state index < -0.39 is 10.5 Å². The highest BCUT2D eigenvalue weighted by molar-refractivity contribution is 5.63. The van der Waals surface area contributed by atoms with Gasteiger partial charge >= 0.3 is 0 Å². The van der Waals surface area contributed by atoms with Crippen molar-refractivity contribution in [3.05, 3.63) is 28.3 Å². The van der Waals surface area contributed by atoms with Crippen LogP contribution in [0.1, 0.15) is 13.8 Å². The quantitative estimate of drug-likeness (QED) is 0.489. The first-order valence-corrected chi connectivity index (χ1v) is 6.39. The molecule has 1 aliphatic heterocycles. The van der Waals surface area contributed by atoms with Crippen molar-refractivity contribution in [1.29, 1.82) is 0 Å². The van der Waals surface area contributed by atoms with Gasteiger partial charge in [0.15, 0.2) is 0 Å². The Morgan fingerprint density at radius 2 is 2.25 bits per heavy atom. The zero-order chi connectivity index (χ0) is 14.9. The molecular weight excluding hydrogens is 262 g/mol. The van der Waals surface area contributed by atoms with E-state index in [0.717, 1.165) is 0 Å². The maximum Gasteiger partial charge on any atom is 0.273 e. The lowest BCUT2D eigenvalue weighted by molar-refractivity contribution is -0.384. The standard InChI is InChI=1S/C13H19N3O4/c1-13(2)8-15(6-12(7-17)20-13)10-3-9(14)4-11(5-10)16(18)19/h3-5,12,17H,6-8,14H2,1-2H3. The van der Waals surface area contributed by atoms with Crippen LogP contribution in [0.25, 0.3) is 0 Å². The van der Waals surface area contributed by atoms with Gasteiger partial charge in [0.25, 0.3) is 5.69 Å². The summed E-state index contributed by atoms with van der Waals surface area (Å²) in [5.74, 6) is 0. The highest BCUT2D eigenvalue weighted by Crippen LogP contribution is 2.30. The number of non-ortho nitro benzene ring substituents is 1. The second-order valence-electron chi connectivity index (χ2n) is 5.60. The number of nitrogens with zero attached hydrogens (tertiary/aromatic N) is 2. The summed E-state index contributed by atoms with van der Waals surface area (Å²) in [6.07, 6.45) is -0.320. The molecule has 0 aromatic heterocycles. The Balaban J connectivity index is 2.32. The Morgan fingerprint density at radius 3 is 2.85 bits per heavy atom. The average Bonchev–Trinajstić information content (AvgIpc) is 2.36. The molecule has 110 valence electrons. The summed E-state index contributed by atoms with van der Waals surface area (Å²) in [6, 6.07) is 4.52. The van der Waals surface area contributed by atoms with E-state index in [9.17, 15) is 15.2 Å². The molecular formula is C13H19N3O4. The van der Waals surface area contributed by atoms with Gasteiger partial charge in [-0.1, -0.05) is 0 Å². The van der Waals surface area contributed by atoms with Crippen molar-refractivity contribution in [3.8, 4) is 0 Å². The molecule has 1 atom stereocenters. The van der Waals surface area contributed by atoms with E-state index in [1.807, 2.05) is 18.7 Å². The molecule has 1 aromatic carbocycles. The molecule has 0 amide bonds. The molecule has 20 heavy (non-hydrogen) atoms. The molecule has 1 fully saturated rings. The molecule has 7 nitrogen and oxygen atoms in total. The smallest absolute Gasteiger partial charge is 0.273 e. The molecule has 7 heteroatoms. The summed E-state index contributed by atoms with van der Waals surface area (Å²) in [4.78, 5) is 12.4. The van der Waals surface area contributed by atoms with Crippen molar-refractivity contribution in [2.45, 2.75) is 25.6 Å². The number of rotatable bonds is 3. The highest BCUT2D eigenvalue weighted by atomic mass is 16.6. The zero-order valence-electron chi connectivity index (χ0n) is 11.6. The van der Waals surface area contributed by atoms with Crippen LogP contribution in [0.4, 0.5) is 17.1 Å². The number of nitrogen functional groups attached to an aromatic ring is 1. The first kappa shape index (κ1) is 14.5. The number of nitro benzene ring substituents is 1. The van der Waals surface area contributed by atoms with Gasteiger partial charge < -0.3 is 20.5 Å². The number of anilines is 2. The molecule has 0 bridgehead atoms. The van der Waals surface area contributed by atoms with Crippen molar-refractivity contribution in [2.24, 2.45) is 0 Å². The van der Waals surface area contributed by atoms with Gasteiger partial charge in [-0.25, -0.2) is 0 Å². The number of hydrogen-bond donors (Lipinski definition) is 2. The molecule has 1 saturated heterocycles. The predicted molar refractivity (Wildman–Crippen MR) is 75.8 cm³/mol. The number of hydrogen-bond acceptors (Lipinski definition) is 6. The summed E-state index contributed by atoms with van der Waals surface area (Å²) in [5, 5.41) is 20.2. The van der Waals surface area contributed by atoms with E-state index in [0.29, 0.717) is 24.5 Å². The summed E-state index contributed by atoms with van der Waals surface area (Å²) in [7, 11) is 0. The Kier molecular flexibility index (Phi) is 3.82. The fraction of sp³-hybridized carbons (Fsp3) is 0.538. The van der Waals surface area contributed by atoms with Crippen molar-refractivity contribution >= 4 is 17.1 Å².